The van der Waals surface area contributed by atoms with Crippen LogP contribution in [0.4, 0.5) is 0 Å². The van der Waals surface area contributed by atoms with Crippen LogP contribution in [0, 0.1) is 5.92 Å². The Kier molecular flexibility index (Phi) is 4.22. The standard InChI is InChI=1S/C13H22N2O2S/c1-17-13(6-3-7-13)8-11(16)15-10-5-2-4-9(10)12(14)18/h9-10H,2-8H2,1H3,(H2,14,18)(H,15,16). The van der Waals surface area contributed by atoms with E-state index in [9.17, 15) is 4.79 Å². The van der Waals surface area contributed by atoms with E-state index < -0.39 is 0 Å². The number of ether oxygens (including phenoxy) is 1. The maximum absolute atomic E-state index is 12.1. The van der Waals surface area contributed by atoms with Gasteiger partial charge in [0.05, 0.1) is 17.0 Å². The Hall–Kier alpha value is -0.680. The molecule has 2 saturated carbocycles. The van der Waals surface area contributed by atoms with Gasteiger partial charge < -0.3 is 15.8 Å². The van der Waals surface area contributed by atoms with Crippen molar-refractivity contribution in [2.24, 2.45) is 11.7 Å². The lowest BCUT2D eigenvalue weighted by atomic mass is 9.77. The monoisotopic (exact) mass is 270 g/mol. The predicted octanol–water partition coefficient (Wildman–Crippen LogP) is 1.52. The molecule has 0 radical (unpaired) electrons. The fourth-order valence-corrected chi connectivity index (χ4v) is 3.33. The number of methoxy groups -OCH3 is 1. The van der Waals surface area contributed by atoms with E-state index in [1.54, 1.807) is 7.11 Å². The second-order valence-electron chi connectivity index (χ2n) is 5.53. The molecule has 0 aromatic rings. The Bertz CT molecular complexity index is 336. The third-order valence-corrected chi connectivity index (χ3v) is 4.71. The first kappa shape index (κ1) is 13.7. The fourth-order valence-electron chi connectivity index (χ4n) is 3.05. The normalized spacial score (nSPS) is 29.6. The highest BCUT2D eigenvalue weighted by atomic mass is 32.1. The van der Waals surface area contributed by atoms with Gasteiger partial charge in [-0.05, 0) is 32.1 Å². The zero-order valence-corrected chi connectivity index (χ0v) is 11.7. The Morgan fingerprint density at radius 3 is 2.67 bits per heavy atom. The molecule has 2 atom stereocenters. The van der Waals surface area contributed by atoms with Crippen molar-refractivity contribution in [1.82, 2.24) is 5.32 Å². The van der Waals surface area contributed by atoms with Crippen molar-refractivity contribution in [3.05, 3.63) is 0 Å². The van der Waals surface area contributed by atoms with Crippen molar-refractivity contribution in [3.63, 3.8) is 0 Å². The van der Waals surface area contributed by atoms with Gasteiger partial charge in [-0.2, -0.15) is 0 Å². The molecule has 0 spiro atoms. The molecule has 2 unspecified atom stereocenters. The lowest BCUT2D eigenvalue weighted by Crippen LogP contribution is -2.47. The summed E-state index contributed by atoms with van der Waals surface area (Å²) in [6, 6.07) is 0.129. The first-order valence-corrected chi connectivity index (χ1v) is 7.11. The first-order valence-electron chi connectivity index (χ1n) is 6.70. The van der Waals surface area contributed by atoms with Crippen molar-refractivity contribution in [2.45, 2.75) is 56.6 Å². The molecular formula is C13H22N2O2S. The van der Waals surface area contributed by atoms with Crippen molar-refractivity contribution in [1.29, 1.82) is 0 Å². The summed E-state index contributed by atoms with van der Waals surface area (Å²) < 4.78 is 5.47. The molecule has 0 bridgehead atoms. The van der Waals surface area contributed by atoms with Gasteiger partial charge in [-0.25, -0.2) is 0 Å². The van der Waals surface area contributed by atoms with Gasteiger partial charge >= 0.3 is 0 Å². The maximum Gasteiger partial charge on any atom is 0.223 e. The van der Waals surface area contributed by atoms with Crippen LogP contribution in [-0.2, 0) is 9.53 Å². The average Bonchev–Trinajstić information content (AvgIpc) is 2.71. The molecule has 2 aliphatic carbocycles. The number of thiocarbonyl (C=S) groups is 1. The second-order valence-corrected chi connectivity index (χ2v) is 6.00. The minimum absolute atomic E-state index is 0.0738. The summed E-state index contributed by atoms with van der Waals surface area (Å²) in [5, 5.41) is 3.08. The van der Waals surface area contributed by atoms with Gasteiger partial charge in [-0.1, -0.05) is 18.6 Å². The Morgan fingerprint density at radius 1 is 1.44 bits per heavy atom. The van der Waals surface area contributed by atoms with E-state index in [1.165, 1.54) is 0 Å². The highest BCUT2D eigenvalue weighted by molar-refractivity contribution is 7.80. The molecule has 0 aliphatic heterocycles. The van der Waals surface area contributed by atoms with Crippen LogP contribution in [0.25, 0.3) is 0 Å². The van der Waals surface area contributed by atoms with Gasteiger partial charge in [0.25, 0.3) is 0 Å². The molecule has 2 aliphatic rings. The topological polar surface area (TPSA) is 64.3 Å². The molecule has 4 nitrogen and oxygen atoms in total. The average molecular weight is 270 g/mol. The minimum Gasteiger partial charge on any atom is -0.393 e. The molecule has 2 rings (SSSR count). The van der Waals surface area contributed by atoms with Crippen molar-refractivity contribution in [3.8, 4) is 0 Å². The molecule has 0 saturated heterocycles. The zero-order valence-electron chi connectivity index (χ0n) is 10.9. The van der Waals surface area contributed by atoms with E-state index in [0.717, 1.165) is 38.5 Å². The van der Waals surface area contributed by atoms with Crippen LogP contribution in [0.15, 0.2) is 0 Å². The van der Waals surface area contributed by atoms with Crippen LogP contribution >= 0.6 is 12.2 Å². The number of hydrogen-bond acceptors (Lipinski definition) is 3. The molecule has 0 aromatic heterocycles. The van der Waals surface area contributed by atoms with Crippen molar-refractivity contribution in [2.75, 3.05) is 7.11 Å². The summed E-state index contributed by atoms with van der Waals surface area (Å²) in [5.74, 6) is 0.244. The number of carbonyl (C=O) groups excluding carboxylic acids is 1. The predicted molar refractivity (Wildman–Crippen MR) is 74.3 cm³/mol. The Balaban J connectivity index is 1.85. The van der Waals surface area contributed by atoms with Crippen LogP contribution in [-0.4, -0.2) is 29.6 Å². The molecular weight excluding hydrogens is 248 g/mol. The van der Waals surface area contributed by atoms with Gasteiger partial charge in [-0.15, -0.1) is 0 Å². The van der Waals surface area contributed by atoms with Gasteiger partial charge in [0.1, 0.15) is 0 Å². The van der Waals surface area contributed by atoms with Gasteiger partial charge in [0.15, 0.2) is 0 Å². The molecule has 1 amide bonds. The smallest absolute Gasteiger partial charge is 0.223 e. The van der Waals surface area contributed by atoms with Gasteiger partial charge in [0.2, 0.25) is 5.91 Å². The van der Waals surface area contributed by atoms with Crippen LogP contribution in [0.3, 0.4) is 0 Å². The van der Waals surface area contributed by atoms with Crippen LogP contribution < -0.4 is 11.1 Å². The molecule has 0 aromatic carbocycles. The number of amides is 1. The van der Waals surface area contributed by atoms with E-state index in [2.05, 4.69) is 5.32 Å². The molecule has 2 fully saturated rings. The highest BCUT2D eigenvalue weighted by Gasteiger charge is 2.40. The summed E-state index contributed by atoms with van der Waals surface area (Å²) in [6.07, 6.45) is 6.65. The first-order chi connectivity index (χ1) is 8.56. The number of rotatable bonds is 5. The van der Waals surface area contributed by atoms with Gasteiger partial charge in [0, 0.05) is 19.1 Å². The Labute approximate surface area is 114 Å². The van der Waals surface area contributed by atoms with E-state index >= 15 is 0 Å². The summed E-state index contributed by atoms with van der Waals surface area (Å²) in [7, 11) is 1.69. The van der Waals surface area contributed by atoms with Crippen molar-refractivity contribution >= 4 is 23.1 Å². The number of nitrogens with two attached hydrogens (primary N) is 1. The summed E-state index contributed by atoms with van der Waals surface area (Å²) >= 11 is 5.05. The number of carbonyl (C=O) groups is 1. The maximum atomic E-state index is 12.1. The Morgan fingerprint density at radius 2 is 2.17 bits per heavy atom. The quantitative estimate of drug-likeness (QED) is 0.743. The number of nitrogens with one attached hydrogen (secondary N) is 1. The summed E-state index contributed by atoms with van der Waals surface area (Å²) in [5.41, 5.74) is 5.50. The molecule has 3 N–H and O–H groups in total. The lowest BCUT2D eigenvalue weighted by Gasteiger charge is -2.40. The molecule has 0 heterocycles. The third kappa shape index (κ3) is 2.83. The summed E-state index contributed by atoms with van der Waals surface area (Å²) in [6.45, 7) is 0. The van der Waals surface area contributed by atoms with Gasteiger partial charge in [-0.3, -0.25) is 4.79 Å². The van der Waals surface area contributed by atoms with E-state index in [-0.39, 0.29) is 23.5 Å². The largest absolute Gasteiger partial charge is 0.393 e. The van der Waals surface area contributed by atoms with Crippen molar-refractivity contribution < 1.29 is 9.53 Å². The molecule has 5 heteroatoms. The van der Waals surface area contributed by atoms with E-state index in [4.69, 9.17) is 22.7 Å². The van der Waals surface area contributed by atoms with E-state index in [1.807, 2.05) is 0 Å². The fraction of sp³-hybridized carbons (Fsp3) is 0.846. The molecule has 102 valence electrons. The van der Waals surface area contributed by atoms with E-state index in [0.29, 0.717) is 11.4 Å². The highest BCUT2D eigenvalue weighted by Crippen LogP contribution is 2.38. The second kappa shape index (κ2) is 5.53. The number of hydrogen-bond donors (Lipinski definition) is 2. The lowest BCUT2D eigenvalue weighted by molar-refractivity contribution is -0.135. The van der Waals surface area contributed by atoms with Crippen LogP contribution in [0.5, 0.6) is 0 Å². The SMILES string of the molecule is COC1(CC(=O)NC2CCCC2C(N)=S)CCC1. The third-order valence-electron chi connectivity index (χ3n) is 4.41. The zero-order chi connectivity index (χ0) is 13.2. The minimum atomic E-state index is -0.207. The molecule has 18 heavy (non-hydrogen) atoms. The van der Waals surface area contributed by atoms with Crippen LogP contribution in [0.1, 0.15) is 44.9 Å². The summed E-state index contributed by atoms with van der Waals surface area (Å²) in [4.78, 5) is 12.6. The van der Waals surface area contributed by atoms with Crippen LogP contribution in [0.2, 0.25) is 0 Å².